The van der Waals surface area contributed by atoms with E-state index in [2.05, 4.69) is 15.9 Å². The van der Waals surface area contributed by atoms with E-state index in [0.717, 1.165) is 21.3 Å². The predicted molar refractivity (Wildman–Crippen MR) is 84.0 cm³/mol. The Morgan fingerprint density at radius 1 is 1.15 bits per heavy atom. The van der Waals surface area contributed by atoms with Gasteiger partial charge in [-0.3, -0.25) is 4.79 Å². The monoisotopic (exact) mass is 333 g/mol. The quantitative estimate of drug-likeness (QED) is 0.853. The van der Waals surface area contributed by atoms with Crippen LogP contribution in [0.2, 0.25) is 0 Å². The van der Waals surface area contributed by atoms with Gasteiger partial charge >= 0.3 is 0 Å². The van der Waals surface area contributed by atoms with Crippen LogP contribution in [-0.2, 0) is 17.6 Å². The highest BCUT2D eigenvalue weighted by Crippen LogP contribution is 2.24. The number of carbonyl (C=O) groups excluding carboxylic acids is 1. The molecule has 0 fully saturated rings. The number of halogens is 1. The minimum Gasteiger partial charge on any atom is -0.496 e. The van der Waals surface area contributed by atoms with Crippen molar-refractivity contribution in [3.63, 3.8) is 0 Å². The van der Waals surface area contributed by atoms with E-state index in [1.807, 2.05) is 42.5 Å². The largest absolute Gasteiger partial charge is 0.496 e. The van der Waals surface area contributed by atoms with Crippen molar-refractivity contribution in [2.45, 2.75) is 12.8 Å². The Balaban J connectivity index is 2.08. The molecule has 20 heavy (non-hydrogen) atoms. The van der Waals surface area contributed by atoms with Crippen LogP contribution in [0.5, 0.6) is 5.75 Å². The van der Waals surface area contributed by atoms with E-state index in [-0.39, 0.29) is 5.78 Å². The van der Waals surface area contributed by atoms with E-state index in [1.165, 1.54) is 0 Å². The molecule has 3 nitrogen and oxygen atoms in total. The molecule has 2 rings (SSSR count). The van der Waals surface area contributed by atoms with Gasteiger partial charge in [-0.05, 0) is 35.9 Å². The Labute approximate surface area is 126 Å². The summed E-state index contributed by atoms with van der Waals surface area (Å²) in [6.07, 6.45) is 0.753. The van der Waals surface area contributed by atoms with E-state index in [1.54, 1.807) is 7.11 Å². The van der Waals surface area contributed by atoms with Gasteiger partial charge in [0.05, 0.1) is 7.11 Å². The van der Waals surface area contributed by atoms with Crippen molar-refractivity contribution in [1.29, 1.82) is 0 Å². The number of methoxy groups -OCH3 is 1. The fourth-order valence-corrected chi connectivity index (χ4v) is 2.43. The van der Waals surface area contributed by atoms with E-state index in [4.69, 9.17) is 10.5 Å². The third-order valence-electron chi connectivity index (χ3n) is 3.01. The van der Waals surface area contributed by atoms with Crippen LogP contribution < -0.4 is 10.5 Å². The van der Waals surface area contributed by atoms with E-state index < -0.39 is 0 Å². The third kappa shape index (κ3) is 3.84. The zero-order valence-electron chi connectivity index (χ0n) is 11.2. The summed E-state index contributed by atoms with van der Waals surface area (Å²) in [5.41, 5.74) is 8.19. The molecule has 2 N–H and O–H groups in total. The van der Waals surface area contributed by atoms with Gasteiger partial charge in [-0.15, -0.1) is 0 Å². The molecule has 0 atom stereocenters. The zero-order valence-corrected chi connectivity index (χ0v) is 12.8. The summed E-state index contributed by atoms with van der Waals surface area (Å²) in [5.74, 6) is 0.880. The van der Waals surface area contributed by atoms with Crippen LogP contribution in [0.3, 0.4) is 0 Å². The lowest BCUT2D eigenvalue weighted by molar-refractivity contribution is -0.117. The van der Waals surface area contributed by atoms with Gasteiger partial charge in [0.25, 0.3) is 0 Å². The number of nitrogens with two attached hydrogens (primary N) is 1. The molecule has 0 aliphatic carbocycles. The van der Waals surface area contributed by atoms with E-state index in [9.17, 15) is 4.79 Å². The maximum atomic E-state index is 12.1. The van der Waals surface area contributed by atoms with Crippen molar-refractivity contribution in [2.24, 2.45) is 0 Å². The SMILES string of the molecule is COc1ccc(Br)cc1CC(=O)Cc1ccc(N)cc1. The van der Waals surface area contributed by atoms with Crippen molar-refractivity contribution in [2.75, 3.05) is 12.8 Å². The zero-order chi connectivity index (χ0) is 14.5. The summed E-state index contributed by atoms with van der Waals surface area (Å²) in [7, 11) is 1.61. The topological polar surface area (TPSA) is 52.3 Å². The molecular formula is C16H16BrNO2. The van der Waals surface area contributed by atoms with E-state index in [0.29, 0.717) is 18.5 Å². The molecule has 0 aliphatic rings. The number of anilines is 1. The van der Waals surface area contributed by atoms with E-state index >= 15 is 0 Å². The fourth-order valence-electron chi connectivity index (χ4n) is 2.02. The molecule has 0 aliphatic heterocycles. The molecule has 0 radical (unpaired) electrons. The van der Waals surface area contributed by atoms with Crippen LogP contribution in [0.4, 0.5) is 5.69 Å². The summed E-state index contributed by atoms with van der Waals surface area (Å²) >= 11 is 3.41. The summed E-state index contributed by atoms with van der Waals surface area (Å²) in [6, 6.07) is 13.0. The number of benzene rings is 2. The molecule has 104 valence electrons. The molecule has 0 unspecified atom stereocenters. The highest BCUT2D eigenvalue weighted by atomic mass is 79.9. The minimum absolute atomic E-state index is 0.145. The number of Topliss-reactive ketones (excluding diaryl/α,β-unsaturated/α-hetero) is 1. The number of ether oxygens (including phenoxy) is 1. The summed E-state index contributed by atoms with van der Waals surface area (Å²) in [4.78, 5) is 12.1. The summed E-state index contributed by atoms with van der Waals surface area (Å²) < 4.78 is 6.22. The summed E-state index contributed by atoms with van der Waals surface area (Å²) in [6.45, 7) is 0. The van der Waals surface area contributed by atoms with Crippen molar-refractivity contribution in [3.8, 4) is 5.75 Å². The van der Waals surface area contributed by atoms with Crippen LogP contribution in [0.15, 0.2) is 46.9 Å². The van der Waals surface area contributed by atoms with Crippen molar-refractivity contribution >= 4 is 27.4 Å². The number of rotatable bonds is 5. The number of nitrogen functional groups attached to an aromatic ring is 1. The highest BCUT2D eigenvalue weighted by molar-refractivity contribution is 9.10. The second kappa shape index (κ2) is 6.57. The standard InChI is InChI=1S/C16H16BrNO2/c1-20-16-7-4-13(17)9-12(16)10-15(19)8-11-2-5-14(18)6-3-11/h2-7,9H,8,10,18H2,1H3. The fraction of sp³-hybridized carbons (Fsp3) is 0.188. The second-order valence-electron chi connectivity index (χ2n) is 4.59. The normalized spacial score (nSPS) is 10.3. The Morgan fingerprint density at radius 3 is 2.50 bits per heavy atom. The summed E-state index contributed by atoms with van der Waals surface area (Å²) in [5, 5.41) is 0. The third-order valence-corrected chi connectivity index (χ3v) is 3.50. The number of hydrogen-bond acceptors (Lipinski definition) is 3. The Morgan fingerprint density at radius 2 is 1.85 bits per heavy atom. The molecule has 0 saturated heterocycles. The van der Waals surface area contributed by atoms with Gasteiger partial charge in [0.1, 0.15) is 11.5 Å². The van der Waals surface area contributed by atoms with Gasteiger partial charge in [0, 0.05) is 28.6 Å². The van der Waals surface area contributed by atoms with Gasteiger partial charge < -0.3 is 10.5 Å². The smallest absolute Gasteiger partial charge is 0.141 e. The van der Waals surface area contributed by atoms with Crippen LogP contribution in [0, 0.1) is 0 Å². The lowest BCUT2D eigenvalue weighted by Crippen LogP contribution is -2.07. The van der Waals surface area contributed by atoms with Gasteiger partial charge in [-0.25, -0.2) is 0 Å². The van der Waals surface area contributed by atoms with Crippen LogP contribution in [0.25, 0.3) is 0 Å². The van der Waals surface area contributed by atoms with Crippen LogP contribution in [0.1, 0.15) is 11.1 Å². The first-order valence-electron chi connectivity index (χ1n) is 6.27. The average Bonchev–Trinajstić information content (AvgIpc) is 2.41. The number of carbonyl (C=O) groups is 1. The first-order chi connectivity index (χ1) is 9.58. The number of hydrogen-bond donors (Lipinski definition) is 1. The molecule has 2 aromatic rings. The van der Waals surface area contributed by atoms with Gasteiger partial charge in [0.2, 0.25) is 0 Å². The Hall–Kier alpha value is -1.81. The minimum atomic E-state index is 0.145. The van der Waals surface area contributed by atoms with Crippen molar-refractivity contribution in [1.82, 2.24) is 0 Å². The molecule has 0 spiro atoms. The van der Waals surface area contributed by atoms with Crippen molar-refractivity contribution in [3.05, 3.63) is 58.1 Å². The lowest BCUT2D eigenvalue weighted by atomic mass is 10.0. The molecular weight excluding hydrogens is 318 g/mol. The van der Waals surface area contributed by atoms with Gasteiger partial charge in [-0.2, -0.15) is 0 Å². The highest BCUT2D eigenvalue weighted by Gasteiger charge is 2.10. The van der Waals surface area contributed by atoms with Crippen LogP contribution in [-0.4, -0.2) is 12.9 Å². The maximum absolute atomic E-state index is 12.1. The van der Waals surface area contributed by atoms with Crippen LogP contribution >= 0.6 is 15.9 Å². The van der Waals surface area contributed by atoms with Gasteiger partial charge in [0.15, 0.2) is 0 Å². The Kier molecular flexibility index (Phi) is 4.79. The predicted octanol–water partition coefficient (Wildman–Crippen LogP) is 3.39. The first kappa shape index (κ1) is 14.6. The maximum Gasteiger partial charge on any atom is 0.141 e. The second-order valence-corrected chi connectivity index (χ2v) is 5.51. The first-order valence-corrected chi connectivity index (χ1v) is 7.06. The molecule has 0 heterocycles. The molecule has 0 saturated carbocycles. The van der Waals surface area contributed by atoms with Gasteiger partial charge in [-0.1, -0.05) is 28.1 Å². The molecule has 2 aromatic carbocycles. The Bertz CT molecular complexity index is 608. The van der Waals surface area contributed by atoms with Crippen molar-refractivity contribution < 1.29 is 9.53 Å². The average molecular weight is 334 g/mol. The molecule has 4 heteroatoms. The number of ketones is 1. The molecule has 0 aromatic heterocycles. The lowest BCUT2D eigenvalue weighted by Gasteiger charge is -2.08. The molecule has 0 bridgehead atoms. The molecule has 0 amide bonds.